The van der Waals surface area contributed by atoms with Crippen LogP contribution >= 0.6 is 0 Å². The van der Waals surface area contributed by atoms with E-state index < -0.39 is 0 Å². The molecule has 106 valence electrons. The SMILES string of the molecule is COC(=O)c1ccc2c(c1)Cc1cc(C(=O)OC)ccc1-2. The average Bonchev–Trinajstić information content (AvgIpc) is 2.89. The Kier molecular flexibility index (Phi) is 3.22. The Bertz CT molecular complexity index is 683. The van der Waals surface area contributed by atoms with Crippen molar-refractivity contribution in [1.29, 1.82) is 0 Å². The summed E-state index contributed by atoms with van der Waals surface area (Å²) in [5, 5.41) is 0. The standard InChI is InChI=1S/C17H14O4/c1-20-16(18)10-3-5-14-12(7-10)9-13-8-11(17(19)21-2)4-6-15(13)14/h3-8H,9H2,1-2H3. The lowest BCUT2D eigenvalue weighted by Crippen LogP contribution is -2.01. The van der Waals surface area contributed by atoms with E-state index in [0.717, 1.165) is 22.3 Å². The molecule has 0 aliphatic heterocycles. The van der Waals surface area contributed by atoms with Gasteiger partial charge in [-0.15, -0.1) is 0 Å². The van der Waals surface area contributed by atoms with Crippen molar-refractivity contribution in [2.24, 2.45) is 0 Å². The molecule has 0 aromatic heterocycles. The molecule has 1 aliphatic carbocycles. The molecule has 21 heavy (non-hydrogen) atoms. The number of ether oxygens (including phenoxy) is 2. The maximum absolute atomic E-state index is 11.6. The van der Waals surface area contributed by atoms with Crippen LogP contribution in [0.4, 0.5) is 0 Å². The summed E-state index contributed by atoms with van der Waals surface area (Å²) in [4.78, 5) is 23.2. The Morgan fingerprint density at radius 3 is 1.62 bits per heavy atom. The zero-order chi connectivity index (χ0) is 15.0. The van der Waals surface area contributed by atoms with Gasteiger partial charge in [-0.25, -0.2) is 9.59 Å². The van der Waals surface area contributed by atoms with Crippen molar-refractivity contribution in [3.8, 4) is 11.1 Å². The summed E-state index contributed by atoms with van der Waals surface area (Å²) < 4.78 is 9.48. The molecule has 3 rings (SSSR count). The molecule has 0 N–H and O–H groups in total. The van der Waals surface area contributed by atoms with Gasteiger partial charge in [-0.1, -0.05) is 12.1 Å². The molecule has 0 heterocycles. The fourth-order valence-electron chi connectivity index (χ4n) is 2.70. The van der Waals surface area contributed by atoms with Crippen molar-refractivity contribution < 1.29 is 19.1 Å². The quantitative estimate of drug-likeness (QED) is 0.678. The molecular weight excluding hydrogens is 268 g/mol. The number of carbonyl (C=O) groups excluding carboxylic acids is 2. The number of benzene rings is 2. The fraction of sp³-hybridized carbons (Fsp3) is 0.176. The van der Waals surface area contributed by atoms with Crippen LogP contribution in [0.5, 0.6) is 0 Å². The molecule has 0 atom stereocenters. The Hall–Kier alpha value is -2.62. The zero-order valence-corrected chi connectivity index (χ0v) is 11.8. The van der Waals surface area contributed by atoms with Gasteiger partial charge in [0.15, 0.2) is 0 Å². The Morgan fingerprint density at radius 1 is 0.810 bits per heavy atom. The summed E-state index contributed by atoms with van der Waals surface area (Å²) in [6.45, 7) is 0. The number of hydrogen-bond donors (Lipinski definition) is 0. The van der Waals surface area contributed by atoms with Gasteiger partial charge in [0.25, 0.3) is 0 Å². The van der Waals surface area contributed by atoms with Crippen molar-refractivity contribution in [3.63, 3.8) is 0 Å². The molecule has 0 saturated carbocycles. The van der Waals surface area contributed by atoms with Crippen LogP contribution in [0.15, 0.2) is 36.4 Å². The summed E-state index contributed by atoms with van der Waals surface area (Å²) >= 11 is 0. The highest BCUT2D eigenvalue weighted by Crippen LogP contribution is 2.37. The second kappa shape index (κ2) is 5.05. The smallest absolute Gasteiger partial charge is 0.337 e. The molecule has 0 fully saturated rings. The van der Waals surface area contributed by atoms with Gasteiger partial charge in [-0.05, 0) is 52.9 Å². The number of fused-ring (bicyclic) bond motifs is 3. The summed E-state index contributed by atoms with van der Waals surface area (Å²) in [7, 11) is 2.74. The molecule has 0 amide bonds. The van der Waals surface area contributed by atoms with Crippen molar-refractivity contribution in [2.45, 2.75) is 6.42 Å². The van der Waals surface area contributed by atoms with E-state index in [1.165, 1.54) is 14.2 Å². The van der Waals surface area contributed by atoms with E-state index >= 15 is 0 Å². The molecule has 4 nitrogen and oxygen atoms in total. The van der Waals surface area contributed by atoms with E-state index in [-0.39, 0.29) is 11.9 Å². The summed E-state index contributed by atoms with van der Waals surface area (Å²) in [5.41, 5.74) is 5.39. The molecule has 2 aromatic carbocycles. The number of methoxy groups -OCH3 is 2. The van der Waals surface area contributed by atoms with Crippen molar-refractivity contribution in [1.82, 2.24) is 0 Å². The maximum atomic E-state index is 11.6. The minimum Gasteiger partial charge on any atom is -0.465 e. The van der Waals surface area contributed by atoms with Gasteiger partial charge in [-0.3, -0.25) is 0 Å². The van der Waals surface area contributed by atoms with E-state index in [1.54, 1.807) is 12.1 Å². The molecular formula is C17H14O4. The second-order valence-electron chi connectivity index (χ2n) is 4.90. The molecule has 0 radical (unpaired) electrons. The number of carbonyl (C=O) groups is 2. The third kappa shape index (κ3) is 2.18. The van der Waals surface area contributed by atoms with Crippen molar-refractivity contribution in [2.75, 3.05) is 14.2 Å². The molecule has 0 saturated heterocycles. The third-order valence-corrected chi connectivity index (χ3v) is 3.72. The number of rotatable bonds is 2. The molecule has 2 aromatic rings. The van der Waals surface area contributed by atoms with Crippen LogP contribution in [-0.2, 0) is 15.9 Å². The van der Waals surface area contributed by atoms with E-state index in [1.807, 2.05) is 24.3 Å². The van der Waals surface area contributed by atoms with E-state index in [9.17, 15) is 9.59 Å². The van der Waals surface area contributed by atoms with Crippen LogP contribution in [0.2, 0.25) is 0 Å². The first-order valence-corrected chi connectivity index (χ1v) is 6.57. The molecule has 0 spiro atoms. The van der Waals surface area contributed by atoms with E-state index in [4.69, 9.17) is 9.47 Å². The summed E-state index contributed by atoms with van der Waals surface area (Å²) in [6.07, 6.45) is 0.695. The van der Waals surface area contributed by atoms with E-state index in [0.29, 0.717) is 17.5 Å². The number of esters is 2. The summed E-state index contributed by atoms with van der Waals surface area (Å²) in [5.74, 6) is -0.687. The highest BCUT2D eigenvalue weighted by molar-refractivity contribution is 5.93. The second-order valence-corrected chi connectivity index (χ2v) is 4.90. The number of hydrogen-bond acceptors (Lipinski definition) is 4. The van der Waals surface area contributed by atoms with Crippen LogP contribution in [0.3, 0.4) is 0 Å². The Morgan fingerprint density at radius 2 is 1.24 bits per heavy atom. The average molecular weight is 282 g/mol. The Balaban J connectivity index is 2.01. The first-order chi connectivity index (χ1) is 10.1. The minimum absolute atomic E-state index is 0.344. The van der Waals surface area contributed by atoms with Gasteiger partial charge in [0, 0.05) is 0 Å². The lowest BCUT2D eigenvalue weighted by Gasteiger charge is -2.04. The molecule has 4 heteroatoms. The minimum atomic E-state index is -0.344. The predicted octanol–water partition coefficient (Wildman–Crippen LogP) is 2.83. The van der Waals surface area contributed by atoms with Crippen LogP contribution in [0.25, 0.3) is 11.1 Å². The van der Waals surface area contributed by atoms with E-state index in [2.05, 4.69) is 0 Å². The predicted molar refractivity (Wildman–Crippen MR) is 77.4 cm³/mol. The van der Waals surface area contributed by atoms with Gasteiger partial charge in [0.1, 0.15) is 0 Å². The van der Waals surface area contributed by atoms with Gasteiger partial charge >= 0.3 is 11.9 Å². The van der Waals surface area contributed by atoms with Crippen molar-refractivity contribution >= 4 is 11.9 Å². The van der Waals surface area contributed by atoms with Gasteiger partial charge in [0.05, 0.1) is 25.3 Å². The molecule has 1 aliphatic rings. The Labute approximate surface area is 122 Å². The van der Waals surface area contributed by atoms with Gasteiger partial charge < -0.3 is 9.47 Å². The van der Waals surface area contributed by atoms with Crippen LogP contribution in [0, 0.1) is 0 Å². The topological polar surface area (TPSA) is 52.6 Å². The maximum Gasteiger partial charge on any atom is 0.337 e. The first-order valence-electron chi connectivity index (χ1n) is 6.57. The normalized spacial score (nSPS) is 11.5. The molecule has 0 unspecified atom stereocenters. The van der Waals surface area contributed by atoms with Crippen LogP contribution in [-0.4, -0.2) is 26.2 Å². The zero-order valence-electron chi connectivity index (χ0n) is 11.8. The van der Waals surface area contributed by atoms with Gasteiger partial charge in [-0.2, -0.15) is 0 Å². The fourth-order valence-corrected chi connectivity index (χ4v) is 2.70. The monoisotopic (exact) mass is 282 g/mol. The lowest BCUT2D eigenvalue weighted by molar-refractivity contribution is 0.0592. The lowest BCUT2D eigenvalue weighted by atomic mass is 10.0. The summed E-state index contributed by atoms with van der Waals surface area (Å²) in [6, 6.07) is 11.1. The molecule has 0 bridgehead atoms. The van der Waals surface area contributed by atoms with Crippen molar-refractivity contribution in [3.05, 3.63) is 58.7 Å². The van der Waals surface area contributed by atoms with Crippen LogP contribution < -0.4 is 0 Å². The highest BCUT2D eigenvalue weighted by Gasteiger charge is 2.21. The van der Waals surface area contributed by atoms with Gasteiger partial charge in [0.2, 0.25) is 0 Å². The largest absolute Gasteiger partial charge is 0.465 e. The van der Waals surface area contributed by atoms with Crippen LogP contribution in [0.1, 0.15) is 31.8 Å². The first kappa shape index (κ1) is 13.4. The highest BCUT2D eigenvalue weighted by atomic mass is 16.5. The third-order valence-electron chi connectivity index (χ3n) is 3.72.